The zero-order valence-electron chi connectivity index (χ0n) is 32.2. The van der Waals surface area contributed by atoms with Crippen LogP contribution in [0.3, 0.4) is 0 Å². The molecule has 0 aliphatic heterocycles. The van der Waals surface area contributed by atoms with E-state index in [-0.39, 0.29) is 35.3 Å². The molecule has 0 saturated carbocycles. The number of hydrogen-bond donors (Lipinski definition) is 0. The number of hydrogen-bond acceptors (Lipinski definition) is 8. The summed E-state index contributed by atoms with van der Waals surface area (Å²) in [6.45, 7) is 9.74. The van der Waals surface area contributed by atoms with Crippen molar-refractivity contribution in [2.24, 2.45) is 0 Å². The summed E-state index contributed by atoms with van der Waals surface area (Å²) in [4.78, 5) is 36.1. The van der Waals surface area contributed by atoms with Gasteiger partial charge in [0.2, 0.25) is 5.91 Å². The first kappa shape index (κ1) is 41.0. The Hall–Kier alpha value is -4.62. The Morgan fingerprint density at radius 3 is 2.11 bits per heavy atom. The van der Waals surface area contributed by atoms with Gasteiger partial charge in [0.25, 0.3) is 15.7 Å². The first-order valence-electron chi connectivity index (χ1n) is 19.2. The van der Waals surface area contributed by atoms with Gasteiger partial charge in [0.1, 0.15) is 12.4 Å². The molecule has 0 bridgehead atoms. The van der Waals surface area contributed by atoms with Crippen LogP contribution in [0.4, 0.5) is 4.39 Å². The average molecular weight is 797 g/mol. The van der Waals surface area contributed by atoms with Crippen LogP contribution >= 0.6 is 11.8 Å². The number of aryl methyl sites for hydroxylation is 1. The number of benzene rings is 4. The Morgan fingerprint density at radius 2 is 1.46 bits per heavy atom. The molecule has 1 aliphatic carbocycles. The number of fused-ring (bicyclic) bond motifs is 1. The maximum atomic E-state index is 14.3. The van der Waals surface area contributed by atoms with E-state index in [0.717, 1.165) is 71.6 Å². The average Bonchev–Trinajstić information content (AvgIpc) is 3.71. The van der Waals surface area contributed by atoms with Crippen LogP contribution in [0.15, 0.2) is 112 Å². The van der Waals surface area contributed by atoms with Crippen LogP contribution in [0, 0.1) is 12.7 Å². The summed E-state index contributed by atoms with van der Waals surface area (Å²) < 4.78 is 45.9. The normalized spacial score (nSPS) is 12.6. The topological polar surface area (TPSA) is 102 Å². The highest BCUT2D eigenvalue weighted by atomic mass is 32.2. The molecular weight excluding hydrogens is 748 g/mol. The molecule has 0 radical (unpaired) electrons. The smallest absolute Gasteiger partial charge is 0.296 e. The van der Waals surface area contributed by atoms with Gasteiger partial charge in [-0.15, -0.1) is 0 Å². The van der Waals surface area contributed by atoms with Gasteiger partial charge >= 0.3 is 0 Å². The minimum atomic E-state index is -3.82. The van der Waals surface area contributed by atoms with Crippen molar-refractivity contribution in [2.45, 2.75) is 75.3 Å². The van der Waals surface area contributed by atoms with E-state index >= 15 is 0 Å². The van der Waals surface area contributed by atoms with Crippen LogP contribution in [0.1, 0.15) is 53.8 Å². The summed E-state index contributed by atoms with van der Waals surface area (Å²) in [7, 11) is -3.82. The zero-order chi connectivity index (χ0) is 39.7. The maximum Gasteiger partial charge on any atom is 0.296 e. The molecule has 0 spiro atoms. The Balaban J connectivity index is 1.13. The van der Waals surface area contributed by atoms with E-state index in [4.69, 9.17) is 4.18 Å². The fraction of sp³-hybridized carbons (Fsp3) is 0.341. The van der Waals surface area contributed by atoms with Gasteiger partial charge < -0.3 is 14.4 Å². The standard InChI is InChI=1S/C44H49FN4O5S2/c1-4-47(5-2)26-27-48(42(50)30-49-41-8-6-7-40(41)43(51)46-44(49)55-31-35-15-21-38(45)22-16-35)29-34-13-19-37(20-14-34)36-17-11-33(12-18-36)25-28-54-56(52,53)39-23-9-32(3)10-24-39/h9-24H,4-8,25-31H2,1-3H3. The third-order valence-corrected chi connectivity index (χ3v) is 12.6. The number of carbonyl (C=O) groups excluding carboxylic acids is 1. The number of halogens is 1. The van der Waals surface area contributed by atoms with E-state index in [1.165, 1.54) is 23.9 Å². The van der Waals surface area contributed by atoms with E-state index in [2.05, 4.69) is 35.9 Å². The molecule has 1 aliphatic rings. The lowest BCUT2D eigenvalue weighted by Crippen LogP contribution is -2.40. The van der Waals surface area contributed by atoms with Gasteiger partial charge in [-0.05, 0) is 97.8 Å². The molecule has 0 saturated heterocycles. The number of rotatable bonds is 18. The van der Waals surface area contributed by atoms with Crippen molar-refractivity contribution in [1.82, 2.24) is 19.4 Å². The van der Waals surface area contributed by atoms with Crippen LogP contribution in [-0.4, -0.2) is 66.5 Å². The predicted octanol–water partition coefficient (Wildman–Crippen LogP) is 7.46. The highest BCUT2D eigenvalue weighted by Gasteiger charge is 2.25. The summed E-state index contributed by atoms with van der Waals surface area (Å²) in [6.07, 6.45) is 2.68. The minimum absolute atomic E-state index is 0.0457. The molecule has 0 fully saturated rings. The summed E-state index contributed by atoms with van der Waals surface area (Å²) in [5, 5.41) is 0.507. The molecule has 56 heavy (non-hydrogen) atoms. The Kier molecular flexibility index (Phi) is 13.9. The molecule has 1 aromatic heterocycles. The fourth-order valence-electron chi connectivity index (χ4n) is 6.85. The summed E-state index contributed by atoms with van der Waals surface area (Å²) in [5.41, 5.74) is 7.25. The van der Waals surface area contributed by atoms with Gasteiger partial charge in [-0.3, -0.25) is 13.8 Å². The number of thioether (sulfide) groups is 1. The molecule has 4 aromatic carbocycles. The van der Waals surface area contributed by atoms with Crippen molar-refractivity contribution in [1.29, 1.82) is 0 Å². The van der Waals surface area contributed by atoms with E-state index in [1.807, 2.05) is 52.8 Å². The largest absolute Gasteiger partial charge is 0.336 e. The second kappa shape index (κ2) is 19.0. The molecular formula is C44H49FN4O5S2. The number of carbonyl (C=O) groups is 1. The third kappa shape index (κ3) is 10.6. The molecule has 9 nitrogen and oxygen atoms in total. The molecule has 0 unspecified atom stereocenters. The van der Waals surface area contributed by atoms with Crippen molar-refractivity contribution < 1.29 is 21.8 Å². The van der Waals surface area contributed by atoms with E-state index < -0.39 is 10.1 Å². The van der Waals surface area contributed by atoms with Gasteiger partial charge in [0.05, 0.1) is 11.5 Å². The van der Waals surface area contributed by atoms with Crippen molar-refractivity contribution in [3.63, 3.8) is 0 Å². The maximum absolute atomic E-state index is 14.3. The highest BCUT2D eigenvalue weighted by molar-refractivity contribution is 7.98. The molecule has 12 heteroatoms. The number of aromatic nitrogens is 2. The van der Waals surface area contributed by atoms with Crippen LogP contribution < -0.4 is 5.56 Å². The van der Waals surface area contributed by atoms with E-state index in [0.29, 0.717) is 42.4 Å². The quantitative estimate of drug-likeness (QED) is 0.0512. The summed E-state index contributed by atoms with van der Waals surface area (Å²) in [5.74, 6) is 0.142. The van der Waals surface area contributed by atoms with E-state index in [9.17, 15) is 22.4 Å². The second-order valence-corrected chi connectivity index (χ2v) is 16.6. The molecule has 0 N–H and O–H groups in total. The first-order chi connectivity index (χ1) is 27.0. The Labute approximate surface area is 333 Å². The first-order valence-corrected chi connectivity index (χ1v) is 21.6. The van der Waals surface area contributed by atoms with Gasteiger partial charge in [-0.1, -0.05) is 104 Å². The SMILES string of the molecule is CCN(CC)CCN(Cc1ccc(-c2ccc(CCOS(=O)(=O)c3ccc(C)cc3)cc2)cc1)C(=O)Cn1c(SCc2ccc(F)cc2)nc(=O)c2c1CCC2. The van der Waals surface area contributed by atoms with Crippen LogP contribution in [0.5, 0.6) is 0 Å². The van der Waals surface area contributed by atoms with Crippen LogP contribution in [-0.2, 0) is 57.2 Å². The number of amides is 1. The van der Waals surface area contributed by atoms with Crippen LogP contribution in [0.25, 0.3) is 11.1 Å². The van der Waals surface area contributed by atoms with Gasteiger partial charge in [-0.25, -0.2) is 4.39 Å². The van der Waals surface area contributed by atoms with Gasteiger partial charge in [0.15, 0.2) is 5.16 Å². The lowest BCUT2D eigenvalue weighted by molar-refractivity contribution is -0.132. The van der Waals surface area contributed by atoms with Crippen molar-refractivity contribution in [3.05, 3.63) is 147 Å². The molecule has 0 atom stereocenters. The molecule has 5 aromatic rings. The molecule has 1 heterocycles. The Bertz CT molecular complexity index is 2260. The van der Waals surface area contributed by atoms with E-state index in [1.54, 1.807) is 36.4 Å². The lowest BCUT2D eigenvalue weighted by atomic mass is 10.0. The summed E-state index contributed by atoms with van der Waals surface area (Å²) in [6, 6.07) is 29.1. The number of nitrogens with zero attached hydrogens (tertiary/aromatic N) is 4. The summed E-state index contributed by atoms with van der Waals surface area (Å²) >= 11 is 1.39. The third-order valence-electron chi connectivity index (χ3n) is 10.3. The van der Waals surface area contributed by atoms with Gasteiger partial charge in [-0.2, -0.15) is 13.4 Å². The molecule has 294 valence electrons. The zero-order valence-corrected chi connectivity index (χ0v) is 33.9. The monoisotopic (exact) mass is 796 g/mol. The van der Waals surface area contributed by atoms with Crippen molar-refractivity contribution in [2.75, 3.05) is 32.8 Å². The van der Waals surface area contributed by atoms with Gasteiger partial charge in [0, 0.05) is 36.6 Å². The lowest BCUT2D eigenvalue weighted by Gasteiger charge is -2.28. The van der Waals surface area contributed by atoms with Crippen LogP contribution in [0.2, 0.25) is 0 Å². The molecule has 1 amide bonds. The molecule has 6 rings (SSSR count). The Morgan fingerprint density at radius 1 is 0.839 bits per heavy atom. The predicted molar refractivity (Wildman–Crippen MR) is 220 cm³/mol. The number of likely N-dealkylation sites (N-methyl/N-ethyl adjacent to an activating group) is 1. The fourth-order valence-corrected chi connectivity index (χ4v) is 8.72. The van der Waals surface area contributed by atoms with Crippen molar-refractivity contribution in [3.8, 4) is 11.1 Å². The second-order valence-electron chi connectivity index (χ2n) is 14.1. The highest BCUT2D eigenvalue weighted by Crippen LogP contribution is 2.27. The minimum Gasteiger partial charge on any atom is -0.336 e. The van der Waals surface area contributed by atoms with Crippen molar-refractivity contribution >= 4 is 27.8 Å².